The van der Waals surface area contributed by atoms with Crippen LogP contribution in [0.25, 0.3) is 0 Å². The van der Waals surface area contributed by atoms with E-state index < -0.39 is 0 Å². The fourth-order valence-corrected chi connectivity index (χ4v) is 2.79. The second-order valence-corrected chi connectivity index (χ2v) is 6.54. The van der Waals surface area contributed by atoms with Crippen LogP contribution in [0.5, 0.6) is 0 Å². The molecule has 6 heteroatoms. The summed E-state index contributed by atoms with van der Waals surface area (Å²) in [6.45, 7) is 12.7. The molecule has 1 unspecified atom stereocenters. The normalized spacial score (nSPS) is 19.5. The summed E-state index contributed by atoms with van der Waals surface area (Å²) in [5, 5.41) is 6.67. The number of ether oxygens (including phenoxy) is 1. The molecule has 0 spiro atoms. The van der Waals surface area contributed by atoms with E-state index in [4.69, 9.17) is 4.74 Å². The van der Waals surface area contributed by atoms with Gasteiger partial charge >= 0.3 is 0 Å². The molecule has 1 aromatic heterocycles. The summed E-state index contributed by atoms with van der Waals surface area (Å²) in [5.41, 5.74) is 0.965. The lowest BCUT2D eigenvalue weighted by Gasteiger charge is -2.34. The van der Waals surface area contributed by atoms with Gasteiger partial charge in [-0.25, -0.2) is 4.99 Å². The molecule has 1 atom stereocenters. The van der Waals surface area contributed by atoms with Crippen LogP contribution in [0.15, 0.2) is 29.4 Å². The van der Waals surface area contributed by atoms with Crippen LogP contribution in [0.2, 0.25) is 0 Å². The number of hydrogen-bond acceptors (Lipinski definition) is 4. The standard InChI is InChI=1S/C18H31N5O/c1-4-19-18(21-11-16-7-5-6-8-20-16)22-12-17-14-23(9-10-24-17)13-15(2)3/h5-8,15,17H,4,9-14H2,1-3H3,(H2,19,21,22). The number of hydrogen-bond donors (Lipinski definition) is 2. The lowest BCUT2D eigenvalue weighted by atomic mass is 10.2. The summed E-state index contributed by atoms with van der Waals surface area (Å²) in [6.07, 6.45) is 2.00. The molecule has 2 heterocycles. The molecule has 24 heavy (non-hydrogen) atoms. The van der Waals surface area contributed by atoms with E-state index in [0.717, 1.165) is 51.0 Å². The number of morpholine rings is 1. The van der Waals surface area contributed by atoms with Crippen molar-refractivity contribution in [3.63, 3.8) is 0 Å². The maximum absolute atomic E-state index is 5.88. The molecule has 1 aliphatic rings. The Morgan fingerprint density at radius 1 is 1.42 bits per heavy atom. The van der Waals surface area contributed by atoms with Crippen LogP contribution in [0.3, 0.4) is 0 Å². The Labute approximate surface area is 145 Å². The Bertz CT molecular complexity index is 491. The van der Waals surface area contributed by atoms with Crippen LogP contribution < -0.4 is 10.6 Å². The van der Waals surface area contributed by atoms with Crippen molar-refractivity contribution in [3.8, 4) is 0 Å². The van der Waals surface area contributed by atoms with Gasteiger partial charge in [-0.1, -0.05) is 19.9 Å². The van der Waals surface area contributed by atoms with Gasteiger partial charge in [-0.3, -0.25) is 9.88 Å². The van der Waals surface area contributed by atoms with Crippen molar-refractivity contribution >= 4 is 5.96 Å². The first-order valence-corrected chi connectivity index (χ1v) is 8.93. The third kappa shape index (κ3) is 6.84. The van der Waals surface area contributed by atoms with Crippen molar-refractivity contribution < 1.29 is 4.74 Å². The van der Waals surface area contributed by atoms with E-state index in [1.165, 1.54) is 0 Å². The fourth-order valence-electron chi connectivity index (χ4n) is 2.79. The van der Waals surface area contributed by atoms with Crippen LogP contribution in [-0.4, -0.2) is 61.3 Å². The summed E-state index contributed by atoms with van der Waals surface area (Å²) < 4.78 is 5.88. The van der Waals surface area contributed by atoms with E-state index in [9.17, 15) is 0 Å². The maximum Gasteiger partial charge on any atom is 0.191 e. The number of aliphatic imine (C=N–C) groups is 1. The fraction of sp³-hybridized carbons (Fsp3) is 0.667. The first kappa shape index (κ1) is 18.7. The van der Waals surface area contributed by atoms with E-state index in [2.05, 4.69) is 46.3 Å². The average Bonchev–Trinajstić information content (AvgIpc) is 2.58. The average molecular weight is 333 g/mol. The first-order chi connectivity index (χ1) is 11.7. The predicted octanol–water partition coefficient (Wildman–Crippen LogP) is 1.49. The minimum Gasteiger partial charge on any atom is -0.374 e. The molecular weight excluding hydrogens is 302 g/mol. The number of nitrogens with zero attached hydrogens (tertiary/aromatic N) is 3. The van der Waals surface area contributed by atoms with Gasteiger partial charge < -0.3 is 15.4 Å². The van der Waals surface area contributed by atoms with E-state index in [-0.39, 0.29) is 6.10 Å². The Balaban J connectivity index is 1.82. The van der Waals surface area contributed by atoms with Crippen molar-refractivity contribution in [2.45, 2.75) is 33.4 Å². The van der Waals surface area contributed by atoms with Crippen LogP contribution in [-0.2, 0) is 11.3 Å². The van der Waals surface area contributed by atoms with Gasteiger partial charge in [0, 0.05) is 38.9 Å². The minimum absolute atomic E-state index is 0.205. The molecule has 0 saturated carbocycles. The Morgan fingerprint density at radius 2 is 2.29 bits per heavy atom. The van der Waals surface area contributed by atoms with E-state index >= 15 is 0 Å². The molecular formula is C18H31N5O. The molecule has 2 N–H and O–H groups in total. The molecule has 0 aliphatic carbocycles. The largest absolute Gasteiger partial charge is 0.374 e. The number of nitrogens with one attached hydrogen (secondary N) is 2. The highest BCUT2D eigenvalue weighted by atomic mass is 16.5. The van der Waals surface area contributed by atoms with Gasteiger partial charge in [0.05, 0.1) is 24.9 Å². The van der Waals surface area contributed by atoms with Gasteiger partial charge in [-0.05, 0) is 25.0 Å². The third-order valence-electron chi connectivity index (χ3n) is 3.81. The highest BCUT2D eigenvalue weighted by Crippen LogP contribution is 2.07. The second-order valence-electron chi connectivity index (χ2n) is 6.54. The van der Waals surface area contributed by atoms with E-state index in [1.54, 1.807) is 6.20 Å². The Hall–Kier alpha value is -1.66. The highest BCUT2D eigenvalue weighted by Gasteiger charge is 2.21. The van der Waals surface area contributed by atoms with Gasteiger partial charge in [-0.2, -0.15) is 0 Å². The zero-order chi connectivity index (χ0) is 17.2. The zero-order valence-corrected chi connectivity index (χ0v) is 15.2. The van der Waals surface area contributed by atoms with Crippen LogP contribution in [0.4, 0.5) is 0 Å². The molecule has 0 radical (unpaired) electrons. The lowest BCUT2D eigenvalue weighted by Crippen LogP contribution is -2.50. The summed E-state index contributed by atoms with van der Waals surface area (Å²) >= 11 is 0. The number of aromatic nitrogens is 1. The maximum atomic E-state index is 5.88. The summed E-state index contributed by atoms with van der Waals surface area (Å²) in [4.78, 5) is 11.4. The van der Waals surface area contributed by atoms with Gasteiger partial charge in [0.25, 0.3) is 0 Å². The van der Waals surface area contributed by atoms with Crippen LogP contribution >= 0.6 is 0 Å². The topological polar surface area (TPSA) is 61.8 Å². The SMILES string of the molecule is CCNC(=NCc1ccccn1)NCC1CN(CC(C)C)CCO1. The predicted molar refractivity (Wildman–Crippen MR) is 98.1 cm³/mol. The molecule has 6 nitrogen and oxygen atoms in total. The number of rotatable bonds is 7. The molecule has 0 bridgehead atoms. The summed E-state index contributed by atoms with van der Waals surface area (Å²) in [7, 11) is 0. The molecule has 1 saturated heterocycles. The minimum atomic E-state index is 0.205. The molecule has 134 valence electrons. The Morgan fingerprint density at radius 3 is 3.00 bits per heavy atom. The van der Waals surface area contributed by atoms with Crippen LogP contribution in [0.1, 0.15) is 26.5 Å². The molecule has 1 aliphatic heterocycles. The molecule has 0 amide bonds. The van der Waals surface area contributed by atoms with Gasteiger partial charge in [0.1, 0.15) is 0 Å². The number of pyridine rings is 1. The van der Waals surface area contributed by atoms with Crippen molar-refractivity contribution in [3.05, 3.63) is 30.1 Å². The Kier molecular flexibility index (Phi) is 7.98. The highest BCUT2D eigenvalue weighted by molar-refractivity contribution is 5.79. The third-order valence-corrected chi connectivity index (χ3v) is 3.81. The quantitative estimate of drug-likeness (QED) is 0.585. The first-order valence-electron chi connectivity index (χ1n) is 8.93. The molecule has 0 aromatic carbocycles. The zero-order valence-electron chi connectivity index (χ0n) is 15.2. The van der Waals surface area contributed by atoms with Crippen LogP contribution in [0, 0.1) is 5.92 Å². The van der Waals surface area contributed by atoms with Gasteiger partial charge in [0.15, 0.2) is 5.96 Å². The summed E-state index contributed by atoms with van der Waals surface area (Å²) in [6, 6.07) is 5.89. The lowest BCUT2D eigenvalue weighted by molar-refractivity contribution is -0.0284. The van der Waals surface area contributed by atoms with Crippen molar-refractivity contribution in [2.75, 3.05) is 39.3 Å². The van der Waals surface area contributed by atoms with E-state index in [0.29, 0.717) is 12.5 Å². The van der Waals surface area contributed by atoms with Gasteiger partial charge in [-0.15, -0.1) is 0 Å². The number of guanidine groups is 1. The molecule has 1 aromatic rings. The molecule has 1 fully saturated rings. The van der Waals surface area contributed by atoms with E-state index in [1.807, 2.05) is 18.2 Å². The van der Waals surface area contributed by atoms with Crippen molar-refractivity contribution in [2.24, 2.45) is 10.9 Å². The second kappa shape index (κ2) is 10.3. The van der Waals surface area contributed by atoms with Crippen molar-refractivity contribution in [1.82, 2.24) is 20.5 Å². The molecule has 2 rings (SSSR count). The monoisotopic (exact) mass is 333 g/mol. The summed E-state index contributed by atoms with van der Waals surface area (Å²) in [5.74, 6) is 1.50. The van der Waals surface area contributed by atoms with Gasteiger partial charge in [0.2, 0.25) is 0 Å². The smallest absolute Gasteiger partial charge is 0.191 e. The van der Waals surface area contributed by atoms with Crippen molar-refractivity contribution in [1.29, 1.82) is 0 Å².